The third-order valence-corrected chi connectivity index (χ3v) is 4.68. The van der Waals surface area contributed by atoms with Gasteiger partial charge in [0.2, 0.25) is 0 Å². The van der Waals surface area contributed by atoms with Crippen molar-refractivity contribution < 1.29 is 19.4 Å². The van der Waals surface area contributed by atoms with Crippen molar-refractivity contribution in [1.29, 1.82) is 0 Å². The van der Waals surface area contributed by atoms with E-state index in [4.69, 9.17) is 5.11 Å². The molecule has 0 unspecified atom stereocenters. The molecule has 23 heavy (non-hydrogen) atoms. The molecule has 5 heteroatoms. The van der Waals surface area contributed by atoms with E-state index >= 15 is 0 Å². The van der Waals surface area contributed by atoms with Gasteiger partial charge in [0.05, 0.1) is 12.7 Å². The molecule has 0 atom stereocenters. The maximum Gasteiger partial charge on any atom is 0.335 e. The van der Waals surface area contributed by atoms with Gasteiger partial charge in [0, 0.05) is 11.3 Å². The number of unbranched alkanes of at least 4 members (excludes halogenated alkanes) is 6. The van der Waals surface area contributed by atoms with E-state index < -0.39 is 5.97 Å². The second-order valence-corrected chi connectivity index (χ2v) is 6.65. The number of thioether (sulfide) groups is 1. The minimum atomic E-state index is -0.875. The summed E-state index contributed by atoms with van der Waals surface area (Å²) in [7, 11) is 1.43. The van der Waals surface area contributed by atoms with Gasteiger partial charge in [-0.1, -0.05) is 38.2 Å². The third kappa shape index (κ3) is 9.29. The predicted octanol–water partition coefficient (Wildman–Crippen LogP) is 4.77. The van der Waals surface area contributed by atoms with Crippen LogP contribution >= 0.6 is 11.8 Å². The van der Waals surface area contributed by atoms with E-state index in [0.717, 1.165) is 29.9 Å². The maximum atomic E-state index is 10.9. The second-order valence-electron chi connectivity index (χ2n) is 5.48. The molecule has 0 heterocycles. The fourth-order valence-electron chi connectivity index (χ4n) is 2.27. The Morgan fingerprint density at radius 1 is 1.04 bits per heavy atom. The van der Waals surface area contributed by atoms with Crippen molar-refractivity contribution in [2.75, 3.05) is 12.9 Å². The van der Waals surface area contributed by atoms with Gasteiger partial charge in [-0.15, -0.1) is 11.8 Å². The molecule has 0 aliphatic rings. The zero-order chi connectivity index (χ0) is 16.9. The second kappa shape index (κ2) is 12.0. The first-order chi connectivity index (χ1) is 11.1. The number of carboxylic acid groups (broad SMARTS) is 1. The molecule has 0 spiro atoms. The summed E-state index contributed by atoms with van der Waals surface area (Å²) in [6.07, 6.45) is 8.47. The van der Waals surface area contributed by atoms with Crippen molar-refractivity contribution >= 4 is 23.7 Å². The van der Waals surface area contributed by atoms with Crippen molar-refractivity contribution in [1.82, 2.24) is 0 Å². The lowest BCUT2D eigenvalue weighted by molar-refractivity contribution is -0.140. The summed E-state index contributed by atoms with van der Waals surface area (Å²) in [4.78, 5) is 22.9. The van der Waals surface area contributed by atoms with E-state index in [1.54, 1.807) is 30.0 Å². The van der Waals surface area contributed by atoms with Crippen molar-refractivity contribution in [2.24, 2.45) is 0 Å². The van der Waals surface area contributed by atoms with Crippen molar-refractivity contribution in [3.05, 3.63) is 29.8 Å². The largest absolute Gasteiger partial charge is 0.478 e. The van der Waals surface area contributed by atoms with Crippen LogP contribution in [0.4, 0.5) is 0 Å². The van der Waals surface area contributed by atoms with Gasteiger partial charge in [-0.3, -0.25) is 4.79 Å². The van der Waals surface area contributed by atoms with E-state index in [9.17, 15) is 9.59 Å². The molecule has 0 radical (unpaired) electrons. The van der Waals surface area contributed by atoms with Crippen LogP contribution in [0, 0.1) is 0 Å². The highest BCUT2D eigenvalue weighted by Gasteiger charge is 2.03. The first-order valence-electron chi connectivity index (χ1n) is 8.16. The van der Waals surface area contributed by atoms with Crippen LogP contribution in [0.2, 0.25) is 0 Å². The Labute approximate surface area is 142 Å². The predicted molar refractivity (Wildman–Crippen MR) is 93.1 cm³/mol. The fourth-order valence-corrected chi connectivity index (χ4v) is 3.24. The molecule has 0 aromatic heterocycles. The molecule has 0 saturated carbocycles. The molecule has 128 valence electrons. The molecule has 0 fully saturated rings. The molecule has 1 aromatic carbocycles. The molecule has 0 aliphatic heterocycles. The third-order valence-electron chi connectivity index (χ3n) is 3.60. The molecular weight excluding hydrogens is 312 g/mol. The van der Waals surface area contributed by atoms with Gasteiger partial charge in [-0.2, -0.15) is 0 Å². The van der Waals surface area contributed by atoms with Crippen LogP contribution in [0.15, 0.2) is 29.2 Å². The highest BCUT2D eigenvalue weighted by atomic mass is 32.2. The SMILES string of the molecule is COC(=O)CCCCCCCCCSc1cccc(C(=O)O)c1. The van der Waals surface area contributed by atoms with Crippen molar-refractivity contribution in [3.63, 3.8) is 0 Å². The van der Waals surface area contributed by atoms with Crippen LogP contribution < -0.4 is 0 Å². The van der Waals surface area contributed by atoms with Gasteiger partial charge in [0.1, 0.15) is 0 Å². The maximum absolute atomic E-state index is 10.9. The first kappa shape index (κ1) is 19.6. The molecule has 0 bridgehead atoms. The number of benzene rings is 1. The van der Waals surface area contributed by atoms with Crippen LogP contribution in [-0.4, -0.2) is 29.9 Å². The number of carboxylic acids is 1. The minimum absolute atomic E-state index is 0.117. The molecule has 0 saturated heterocycles. The standard InChI is InChI=1S/C18H26O4S/c1-22-17(19)12-7-5-3-2-4-6-8-13-23-16-11-9-10-15(14-16)18(20)21/h9-11,14H,2-8,12-13H2,1H3,(H,20,21). The summed E-state index contributed by atoms with van der Waals surface area (Å²) in [5, 5.41) is 8.95. The van der Waals surface area contributed by atoms with E-state index in [0.29, 0.717) is 12.0 Å². The first-order valence-corrected chi connectivity index (χ1v) is 9.15. The Morgan fingerprint density at radius 2 is 1.70 bits per heavy atom. The summed E-state index contributed by atoms with van der Waals surface area (Å²) in [5.41, 5.74) is 0.349. The monoisotopic (exact) mass is 338 g/mol. The molecule has 0 amide bonds. The number of methoxy groups -OCH3 is 1. The Balaban J connectivity index is 1.98. The van der Waals surface area contributed by atoms with Crippen molar-refractivity contribution in [2.45, 2.75) is 56.3 Å². The summed E-state index contributed by atoms with van der Waals surface area (Å²) in [5.74, 6) is 0.0273. The van der Waals surface area contributed by atoms with Gasteiger partial charge in [0.15, 0.2) is 0 Å². The molecule has 1 rings (SSSR count). The number of hydrogen-bond acceptors (Lipinski definition) is 4. The average Bonchev–Trinajstić information content (AvgIpc) is 2.56. The number of esters is 1. The molecule has 4 nitrogen and oxygen atoms in total. The van der Waals surface area contributed by atoms with Crippen LogP contribution in [-0.2, 0) is 9.53 Å². The van der Waals surface area contributed by atoms with Gasteiger partial charge >= 0.3 is 11.9 Å². The number of ether oxygens (including phenoxy) is 1. The van der Waals surface area contributed by atoms with Gasteiger partial charge < -0.3 is 9.84 Å². The quantitative estimate of drug-likeness (QED) is 0.338. The van der Waals surface area contributed by atoms with E-state index in [1.807, 2.05) is 6.07 Å². The van der Waals surface area contributed by atoms with E-state index in [1.165, 1.54) is 32.8 Å². The summed E-state index contributed by atoms with van der Waals surface area (Å²) < 4.78 is 4.61. The number of carbonyl (C=O) groups is 2. The summed E-state index contributed by atoms with van der Waals surface area (Å²) >= 11 is 1.71. The zero-order valence-electron chi connectivity index (χ0n) is 13.8. The lowest BCUT2D eigenvalue weighted by atomic mass is 10.1. The Kier molecular flexibility index (Phi) is 10.2. The Morgan fingerprint density at radius 3 is 2.35 bits per heavy atom. The summed E-state index contributed by atoms with van der Waals surface area (Å²) in [6.45, 7) is 0. The Hall–Kier alpha value is -1.49. The van der Waals surface area contributed by atoms with Gasteiger partial charge in [-0.05, 0) is 36.8 Å². The van der Waals surface area contributed by atoms with E-state index in [2.05, 4.69) is 4.74 Å². The van der Waals surface area contributed by atoms with Gasteiger partial charge in [-0.25, -0.2) is 4.79 Å². The minimum Gasteiger partial charge on any atom is -0.478 e. The molecule has 1 N–H and O–H groups in total. The number of hydrogen-bond donors (Lipinski definition) is 1. The van der Waals surface area contributed by atoms with Gasteiger partial charge in [0.25, 0.3) is 0 Å². The highest BCUT2D eigenvalue weighted by molar-refractivity contribution is 7.99. The highest BCUT2D eigenvalue weighted by Crippen LogP contribution is 2.21. The van der Waals surface area contributed by atoms with Crippen molar-refractivity contribution in [3.8, 4) is 0 Å². The number of aromatic carboxylic acids is 1. The molecular formula is C18H26O4S. The normalized spacial score (nSPS) is 10.5. The Bertz CT molecular complexity index is 488. The zero-order valence-corrected chi connectivity index (χ0v) is 14.6. The summed E-state index contributed by atoms with van der Waals surface area (Å²) in [6, 6.07) is 7.10. The van der Waals surface area contributed by atoms with E-state index in [-0.39, 0.29) is 5.97 Å². The fraction of sp³-hybridized carbons (Fsp3) is 0.556. The molecule has 1 aromatic rings. The number of carbonyl (C=O) groups excluding carboxylic acids is 1. The van der Waals surface area contributed by atoms with Crippen LogP contribution in [0.1, 0.15) is 61.7 Å². The van der Waals surface area contributed by atoms with Crippen LogP contribution in [0.5, 0.6) is 0 Å². The smallest absolute Gasteiger partial charge is 0.335 e. The lowest BCUT2D eigenvalue weighted by Crippen LogP contribution is -1.99. The molecule has 0 aliphatic carbocycles. The topological polar surface area (TPSA) is 63.6 Å². The lowest BCUT2D eigenvalue weighted by Gasteiger charge is -2.04. The number of rotatable bonds is 12. The average molecular weight is 338 g/mol. The van der Waals surface area contributed by atoms with Crippen LogP contribution in [0.3, 0.4) is 0 Å². The van der Waals surface area contributed by atoms with Crippen LogP contribution in [0.25, 0.3) is 0 Å².